The maximum absolute atomic E-state index is 13.0. The Hall–Kier alpha value is -2.43. The first-order valence-electron chi connectivity index (χ1n) is 8.90. The number of hydrogen-bond donors (Lipinski definition) is 1. The van der Waals surface area contributed by atoms with E-state index in [1.165, 1.54) is 4.90 Å². The number of imide groups is 1. The molecule has 3 amide bonds. The molecular formula is C20H22N2O3. The van der Waals surface area contributed by atoms with E-state index in [0.29, 0.717) is 5.69 Å². The fraction of sp³-hybridized carbons (Fsp3) is 0.450. The van der Waals surface area contributed by atoms with Crippen LogP contribution >= 0.6 is 0 Å². The van der Waals surface area contributed by atoms with E-state index in [1.807, 2.05) is 32.0 Å². The van der Waals surface area contributed by atoms with Gasteiger partial charge < -0.3 is 5.32 Å². The number of benzene rings is 1. The number of nitrogens with zero attached hydrogens (tertiary/aromatic N) is 1. The number of amides is 3. The van der Waals surface area contributed by atoms with Crippen molar-refractivity contribution in [2.75, 3.05) is 5.32 Å². The summed E-state index contributed by atoms with van der Waals surface area (Å²) in [6.07, 6.45) is 5.02. The second-order valence-electron chi connectivity index (χ2n) is 7.59. The highest BCUT2D eigenvalue weighted by Crippen LogP contribution is 2.53. The van der Waals surface area contributed by atoms with Crippen LogP contribution in [0.2, 0.25) is 0 Å². The largest absolute Gasteiger partial charge is 0.324 e. The minimum absolute atomic E-state index is 0.152. The summed E-state index contributed by atoms with van der Waals surface area (Å²) in [5.41, 5.74) is 0.666. The van der Waals surface area contributed by atoms with Gasteiger partial charge in [0.1, 0.15) is 6.04 Å². The zero-order valence-corrected chi connectivity index (χ0v) is 14.4. The van der Waals surface area contributed by atoms with Crippen LogP contribution in [0.5, 0.6) is 0 Å². The van der Waals surface area contributed by atoms with Gasteiger partial charge in [-0.15, -0.1) is 0 Å². The molecule has 3 aliphatic rings. The predicted octanol–water partition coefficient (Wildman–Crippen LogP) is 2.46. The first-order chi connectivity index (χ1) is 12.0. The molecule has 1 heterocycles. The third-order valence-electron chi connectivity index (χ3n) is 5.72. The van der Waals surface area contributed by atoms with Gasteiger partial charge in [-0.3, -0.25) is 19.3 Å². The normalized spacial score (nSPS) is 30.9. The second-order valence-corrected chi connectivity index (χ2v) is 7.59. The molecule has 4 rings (SSSR count). The average molecular weight is 338 g/mol. The molecule has 2 fully saturated rings. The van der Waals surface area contributed by atoms with Crippen molar-refractivity contribution in [2.45, 2.75) is 26.3 Å². The lowest BCUT2D eigenvalue weighted by Crippen LogP contribution is -2.51. The van der Waals surface area contributed by atoms with Crippen molar-refractivity contribution in [3.8, 4) is 0 Å². The third kappa shape index (κ3) is 2.41. The third-order valence-corrected chi connectivity index (χ3v) is 5.72. The molecule has 25 heavy (non-hydrogen) atoms. The molecule has 0 aromatic heterocycles. The van der Waals surface area contributed by atoms with Crippen molar-refractivity contribution in [2.24, 2.45) is 29.6 Å². The van der Waals surface area contributed by atoms with Gasteiger partial charge >= 0.3 is 0 Å². The lowest BCUT2D eigenvalue weighted by molar-refractivity contribution is -0.148. The molecule has 5 heteroatoms. The first kappa shape index (κ1) is 16.1. The monoisotopic (exact) mass is 338 g/mol. The fourth-order valence-corrected chi connectivity index (χ4v) is 4.66. The van der Waals surface area contributed by atoms with Gasteiger partial charge in [0.05, 0.1) is 11.8 Å². The predicted molar refractivity (Wildman–Crippen MR) is 93.3 cm³/mol. The van der Waals surface area contributed by atoms with Crippen molar-refractivity contribution >= 4 is 23.4 Å². The Bertz CT molecular complexity index is 725. The number of allylic oxidation sites excluding steroid dienone is 2. The van der Waals surface area contributed by atoms with Crippen LogP contribution in [0.1, 0.15) is 20.3 Å². The van der Waals surface area contributed by atoms with Crippen LogP contribution in [0.15, 0.2) is 42.5 Å². The van der Waals surface area contributed by atoms with Crippen molar-refractivity contribution in [3.63, 3.8) is 0 Å². The summed E-state index contributed by atoms with van der Waals surface area (Å²) in [5, 5.41) is 2.84. The Morgan fingerprint density at radius 2 is 1.60 bits per heavy atom. The van der Waals surface area contributed by atoms with Crippen LogP contribution in [0, 0.1) is 29.6 Å². The van der Waals surface area contributed by atoms with Crippen molar-refractivity contribution in [1.82, 2.24) is 4.90 Å². The number of hydrogen-bond acceptors (Lipinski definition) is 3. The molecule has 5 atom stereocenters. The molecule has 130 valence electrons. The maximum atomic E-state index is 13.0. The van der Waals surface area contributed by atoms with E-state index in [1.54, 1.807) is 12.1 Å². The molecule has 1 saturated carbocycles. The highest BCUT2D eigenvalue weighted by atomic mass is 16.2. The molecule has 1 aromatic rings. The van der Waals surface area contributed by atoms with Gasteiger partial charge in [-0.2, -0.15) is 0 Å². The Kier molecular flexibility index (Phi) is 3.74. The number of anilines is 1. The first-order valence-corrected chi connectivity index (χ1v) is 8.90. The van der Waals surface area contributed by atoms with Crippen LogP contribution in [-0.2, 0) is 14.4 Å². The molecule has 1 N–H and O–H groups in total. The van der Waals surface area contributed by atoms with Crippen LogP contribution in [0.4, 0.5) is 5.69 Å². The number of likely N-dealkylation sites (tertiary alicyclic amines) is 1. The maximum Gasteiger partial charge on any atom is 0.247 e. The van der Waals surface area contributed by atoms with Crippen molar-refractivity contribution in [1.29, 1.82) is 0 Å². The summed E-state index contributed by atoms with van der Waals surface area (Å²) >= 11 is 0. The lowest BCUT2D eigenvalue weighted by atomic mass is 9.85. The Balaban J connectivity index is 1.60. The molecular weight excluding hydrogens is 316 g/mol. The zero-order valence-electron chi connectivity index (χ0n) is 14.4. The highest BCUT2D eigenvalue weighted by Gasteiger charge is 2.61. The van der Waals surface area contributed by atoms with Gasteiger partial charge in [0, 0.05) is 5.69 Å². The zero-order chi connectivity index (χ0) is 17.7. The van der Waals surface area contributed by atoms with Gasteiger partial charge in [-0.25, -0.2) is 0 Å². The van der Waals surface area contributed by atoms with Gasteiger partial charge in [0.15, 0.2) is 0 Å². The van der Waals surface area contributed by atoms with Gasteiger partial charge in [-0.1, -0.05) is 44.2 Å². The summed E-state index contributed by atoms with van der Waals surface area (Å²) in [6, 6.07) is 8.35. The number of fused-ring (bicyclic) bond motifs is 5. The van der Waals surface area contributed by atoms with E-state index in [2.05, 4.69) is 17.5 Å². The summed E-state index contributed by atoms with van der Waals surface area (Å²) in [4.78, 5) is 40.1. The number of carbonyl (C=O) groups excluding carboxylic acids is 3. The van der Waals surface area contributed by atoms with Crippen LogP contribution in [0.25, 0.3) is 0 Å². The standard InChI is InChI=1S/C20H22N2O3/c1-11(2)17(18(23)21-14-6-4-3-5-7-14)22-19(24)15-12-8-9-13(10-12)16(15)20(22)25/h3-9,11-13,15-17H,10H2,1-2H3,(H,21,23). The Morgan fingerprint density at radius 3 is 2.12 bits per heavy atom. The molecule has 2 bridgehead atoms. The van der Waals surface area contributed by atoms with Gasteiger partial charge in [0.2, 0.25) is 17.7 Å². The van der Waals surface area contributed by atoms with Crippen molar-refractivity contribution < 1.29 is 14.4 Å². The van der Waals surface area contributed by atoms with E-state index in [4.69, 9.17) is 0 Å². The van der Waals surface area contributed by atoms with Gasteiger partial charge in [0.25, 0.3) is 0 Å². The van der Waals surface area contributed by atoms with Gasteiger partial charge in [-0.05, 0) is 36.3 Å². The van der Waals surface area contributed by atoms with E-state index in [-0.39, 0.29) is 47.3 Å². The fourth-order valence-electron chi connectivity index (χ4n) is 4.66. The Labute approximate surface area is 147 Å². The summed E-state index contributed by atoms with van der Waals surface area (Å²) in [6.45, 7) is 3.74. The summed E-state index contributed by atoms with van der Waals surface area (Å²) < 4.78 is 0. The molecule has 1 aromatic carbocycles. The van der Waals surface area contributed by atoms with Crippen LogP contribution < -0.4 is 5.32 Å². The summed E-state index contributed by atoms with van der Waals surface area (Å²) in [7, 11) is 0. The van der Waals surface area contributed by atoms with Crippen molar-refractivity contribution in [3.05, 3.63) is 42.5 Å². The number of rotatable bonds is 4. The van der Waals surface area contributed by atoms with Crippen LogP contribution in [0.3, 0.4) is 0 Å². The van der Waals surface area contributed by atoms with E-state index in [9.17, 15) is 14.4 Å². The van der Waals surface area contributed by atoms with E-state index in [0.717, 1.165) is 6.42 Å². The lowest BCUT2D eigenvalue weighted by Gasteiger charge is -2.29. The number of nitrogens with one attached hydrogen (secondary N) is 1. The Morgan fingerprint density at radius 1 is 1.04 bits per heavy atom. The highest BCUT2D eigenvalue weighted by molar-refractivity contribution is 6.10. The number of carbonyl (C=O) groups is 3. The molecule has 2 aliphatic carbocycles. The minimum atomic E-state index is -0.773. The van der Waals surface area contributed by atoms with E-state index >= 15 is 0 Å². The molecule has 5 unspecified atom stereocenters. The smallest absolute Gasteiger partial charge is 0.247 e. The minimum Gasteiger partial charge on any atom is -0.324 e. The average Bonchev–Trinajstić information content (AvgIpc) is 3.25. The van der Waals surface area contributed by atoms with Crippen LogP contribution in [-0.4, -0.2) is 28.7 Å². The van der Waals surface area contributed by atoms with E-state index < -0.39 is 6.04 Å². The molecule has 1 saturated heterocycles. The molecule has 1 aliphatic heterocycles. The SMILES string of the molecule is CC(C)C(C(=O)Nc1ccccc1)N1C(=O)C2C3C=CC(C3)C2C1=O. The quantitative estimate of drug-likeness (QED) is 0.677. The molecule has 0 spiro atoms. The number of para-hydroxylation sites is 1. The second kappa shape index (κ2) is 5.83. The molecule has 5 nitrogen and oxygen atoms in total. The summed E-state index contributed by atoms with van der Waals surface area (Å²) in [5.74, 6) is -1.03. The topological polar surface area (TPSA) is 66.5 Å². The molecule has 0 radical (unpaired) electrons.